The van der Waals surface area contributed by atoms with Gasteiger partial charge >= 0.3 is 12.4 Å². The number of piperidine rings is 1. The molecule has 1 aromatic heterocycles. The van der Waals surface area contributed by atoms with Gasteiger partial charge in [0.2, 0.25) is 10.1 Å². The predicted octanol–water partition coefficient (Wildman–Crippen LogP) is 1.63. The van der Waals surface area contributed by atoms with E-state index in [1.807, 2.05) is 5.32 Å². The van der Waals surface area contributed by atoms with E-state index in [0.717, 1.165) is 0 Å². The van der Waals surface area contributed by atoms with Gasteiger partial charge in [0, 0.05) is 30.3 Å². The number of nitrogens with two attached hydrogens (primary N) is 1. The fraction of sp³-hybridized carbons (Fsp3) is 0.600. The van der Waals surface area contributed by atoms with Gasteiger partial charge < -0.3 is 26.5 Å². The Labute approximate surface area is 169 Å². The zero-order valence-electron chi connectivity index (χ0n) is 15.0. The minimum Gasteiger partial charge on any atom is -0.385 e. The molecule has 0 unspecified atom stereocenters. The van der Waals surface area contributed by atoms with Gasteiger partial charge in [-0.15, -0.1) is 10.2 Å². The molecule has 0 aromatic carbocycles. The van der Waals surface area contributed by atoms with Crippen LogP contribution in [-0.2, 0) is 11.0 Å². The van der Waals surface area contributed by atoms with Gasteiger partial charge in [-0.25, -0.2) is 0 Å². The largest absolute Gasteiger partial charge is 0.445 e. The number of alkyl halides is 6. The Bertz CT molecular complexity index is 874. The van der Waals surface area contributed by atoms with Crippen molar-refractivity contribution in [1.29, 1.82) is 5.41 Å². The van der Waals surface area contributed by atoms with E-state index in [0.29, 0.717) is 11.3 Å². The molecule has 5 N–H and O–H groups in total. The van der Waals surface area contributed by atoms with E-state index < -0.39 is 58.3 Å². The standard InChI is InChI=1S/C15H16F6N6O2S/c16-14(17,18)7-6(10(23)24-11(29)9(7)28)8(22)5-1-3-27(4-2-5)13-26-25-12(30-13)15(19,20)21/h5,7,9,22,28H,1-4,23H2,(H,24,29)/t7-,9-/m1/s1. The highest BCUT2D eigenvalue weighted by atomic mass is 32.1. The van der Waals surface area contributed by atoms with Gasteiger partial charge in [0.25, 0.3) is 5.91 Å². The van der Waals surface area contributed by atoms with Gasteiger partial charge in [0.1, 0.15) is 17.8 Å². The number of hydrogen-bond donors (Lipinski definition) is 4. The van der Waals surface area contributed by atoms with Crippen LogP contribution in [0.2, 0.25) is 0 Å². The number of amides is 1. The number of anilines is 1. The maximum atomic E-state index is 13.5. The molecule has 0 aliphatic carbocycles. The minimum atomic E-state index is -5.01. The molecule has 3 rings (SSSR count). The lowest BCUT2D eigenvalue weighted by Crippen LogP contribution is -2.54. The Morgan fingerprint density at radius 1 is 1.20 bits per heavy atom. The molecule has 30 heavy (non-hydrogen) atoms. The SMILES string of the molecule is N=C(C1=C(N)NC(=O)[C@H](O)[C@@H]1C(F)(F)F)C1CCN(c2nnc(C(F)(F)F)s2)CC1. The van der Waals surface area contributed by atoms with Crippen molar-refractivity contribution in [1.82, 2.24) is 15.5 Å². The first-order chi connectivity index (χ1) is 13.8. The van der Waals surface area contributed by atoms with Gasteiger partial charge in [-0.2, -0.15) is 26.3 Å². The van der Waals surface area contributed by atoms with Crippen molar-refractivity contribution in [2.45, 2.75) is 31.3 Å². The Morgan fingerprint density at radius 2 is 1.80 bits per heavy atom. The van der Waals surface area contributed by atoms with Crippen LogP contribution in [0.4, 0.5) is 31.5 Å². The van der Waals surface area contributed by atoms with Crippen molar-refractivity contribution in [3.05, 3.63) is 16.4 Å². The second kappa shape index (κ2) is 7.68. The topological polar surface area (TPSA) is 128 Å². The van der Waals surface area contributed by atoms with Gasteiger partial charge in [0.05, 0.1) is 0 Å². The summed E-state index contributed by atoms with van der Waals surface area (Å²) in [7, 11) is 0. The second-order valence-corrected chi connectivity index (χ2v) is 7.80. The van der Waals surface area contributed by atoms with Crippen LogP contribution < -0.4 is 16.0 Å². The number of aliphatic hydroxyl groups excluding tert-OH is 1. The Morgan fingerprint density at radius 3 is 2.30 bits per heavy atom. The maximum absolute atomic E-state index is 13.5. The van der Waals surface area contributed by atoms with Gasteiger partial charge in [0.15, 0.2) is 0 Å². The van der Waals surface area contributed by atoms with Crippen molar-refractivity contribution < 1.29 is 36.2 Å². The summed E-state index contributed by atoms with van der Waals surface area (Å²) in [5.41, 5.74) is 4.39. The number of halogens is 6. The van der Waals surface area contributed by atoms with Crippen molar-refractivity contribution in [2.75, 3.05) is 18.0 Å². The van der Waals surface area contributed by atoms with E-state index in [4.69, 9.17) is 11.1 Å². The van der Waals surface area contributed by atoms with Crippen LogP contribution in [0, 0.1) is 17.2 Å². The lowest BCUT2D eigenvalue weighted by atomic mass is 9.79. The molecule has 1 amide bonds. The Hall–Kier alpha value is -2.42. The first kappa shape index (κ1) is 22.3. The molecule has 8 nitrogen and oxygen atoms in total. The smallest absolute Gasteiger partial charge is 0.385 e. The highest BCUT2D eigenvalue weighted by Gasteiger charge is 2.53. The zero-order chi connectivity index (χ0) is 22.4. The molecule has 0 spiro atoms. The van der Waals surface area contributed by atoms with E-state index >= 15 is 0 Å². The first-order valence-corrected chi connectivity index (χ1v) is 9.42. The lowest BCUT2D eigenvalue weighted by Gasteiger charge is -2.37. The molecule has 2 atom stereocenters. The molecule has 166 valence electrons. The monoisotopic (exact) mass is 458 g/mol. The van der Waals surface area contributed by atoms with Crippen molar-refractivity contribution in [2.24, 2.45) is 17.6 Å². The van der Waals surface area contributed by atoms with Crippen LogP contribution >= 0.6 is 11.3 Å². The number of nitrogens with zero attached hydrogens (tertiary/aromatic N) is 3. The number of hydrogen-bond acceptors (Lipinski definition) is 8. The molecule has 0 bridgehead atoms. The molecule has 1 fully saturated rings. The van der Waals surface area contributed by atoms with E-state index in [2.05, 4.69) is 10.2 Å². The van der Waals surface area contributed by atoms with Crippen LogP contribution in [0.3, 0.4) is 0 Å². The zero-order valence-corrected chi connectivity index (χ0v) is 15.8. The van der Waals surface area contributed by atoms with Crippen LogP contribution in [0.5, 0.6) is 0 Å². The maximum Gasteiger partial charge on any atom is 0.445 e. The summed E-state index contributed by atoms with van der Waals surface area (Å²) >= 11 is 0.355. The summed E-state index contributed by atoms with van der Waals surface area (Å²) in [5, 5.41) is 25.4. The summed E-state index contributed by atoms with van der Waals surface area (Å²) < 4.78 is 78.4. The summed E-state index contributed by atoms with van der Waals surface area (Å²) in [6.07, 6.45) is -11.8. The average Bonchev–Trinajstić information content (AvgIpc) is 3.13. The number of aliphatic hydroxyl groups is 1. The molecule has 0 radical (unpaired) electrons. The third-order valence-electron chi connectivity index (χ3n) is 4.92. The second-order valence-electron chi connectivity index (χ2n) is 6.84. The predicted molar refractivity (Wildman–Crippen MR) is 92.5 cm³/mol. The van der Waals surface area contributed by atoms with E-state index in [-0.39, 0.29) is 31.1 Å². The van der Waals surface area contributed by atoms with Crippen LogP contribution in [0.15, 0.2) is 11.4 Å². The highest BCUT2D eigenvalue weighted by Crippen LogP contribution is 2.40. The summed E-state index contributed by atoms with van der Waals surface area (Å²) in [5.74, 6) is -5.27. The highest BCUT2D eigenvalue weighted by molar-refractivity contribution is 7.15. The third kappa shape index (κ3) is 4.21. The number of aromatic nitrogens is 2. The first-order valence-electron chi connectivity index (χ1n) is 8.60. The van der Waals surface area contributed by atoms with Crippen molar-refractivity contribution in [3.63, 3.8) is 0 Å². The molecule has 1 aromatic rings. The van der Waals surface area contributed by atoms with Gasteiger partial charge in [-0.05, 0) is 12.8 Å². The van der Waals surface area contributed by atoms with Crippen molar-refractivity contribution >= 4 is 28.1 Å². The quantitative estimate of drug-likeness (QED) is 0.403. The molecule has 2 aliphatic rings. The van der Waals surface area contributed by atoms with Crippen molar-refractivity contribution in [3.8, 4) is 0 Å². The van der Waals surface area contributed by atoms with E-state index in [1.54, 1.807) is 0 Å². The molecular formula is C15H16F6N6O2S. The van der Waals surface area contributed by atoms with Gasteiger partial charge in [-0.1, -0.05) is 11.3 Å². The number of carbonyl (C=O) groups is 1. The molecule has 15 heteroatoms. The van der Waals surface area contributed by atoms with Crippen LogP contribution in [0.25, 0.3) is 0 Å². The molecular weight excluding hydrogens is 442 g/mol. The average molecular weight is 458 g/mol. The Balaban J connectivity index is 1.75. The summed E-state index contributed by atoms with van der Waals surface area (Å²) in [6, 6.07) is 0. The van der Waals surface area contributed by atoms with Crippen LogP contribution in [-0.4, -0.2) is 52.3 Å². The molecule has 1 saturated heterocycles. The fourth-order valence-corrected chi connectivity index (χ4v) is 4.21. The van der Waals surface area contributed by atoms with Crippen LogP contribution in [0.1, 0.15) is 17.8 Å². The number of rotatable bonds is 3. The summed E-state index contributed by atoms with van der Waals surface area (Å²) in [4.78, 5) is 13.0. The minimum absolute atomic E-state index is 0.0274. The number of carbonyl (C=O) groups excluding carboxylic acids is 1. The molecule has 2 aliphatic heterocycles. The molecule has 3 heterocycles. The summed E-state index contributed by atoms with van der Waals surface area (Å²) in [6.45, 7) is 0.274. The lowest BCUT2D eigenvalue weighted by molar-refractivity contribution is -0.192. The third-order valence-corrected chi connectivity index (χ3v) is 5.95. The number of nitrogens with one attached hydrogen (secondary N) is 2. The molecule has 0 saturated carbocycles. The van der Waals surface area contributed by atoms with E-state index in [9.17, 15) is 36.2 Å². The van der Waals surface area contributed by atoms with E-state index in [1.165, 1.54) is 4.90 Å². The fourth-order valence-electron chi connectivity index (χ4n) is 3.44. The normalized spacial score (nSPS) is 24.2. The van der Waals surface area contributed by atoms with Gasteiger partial charge in [-0.3, -0.25) is 4.79 Å². The Kier molecular flexibility index (Phi) is 5.70.